The minimum atomic E-state index is 0.212. The second-order valence-electron chi connectivity index (χ2n) is 4.05. The fourth-order valence-corrected chi connectivity index (χ4v) is 1.16. The zero-order valence-corrected chi connectivity index (χ0v) is 9.10. The van der Waals surface area contributed by atoms with Crippen molar-refractivity contribution in [3.8, 4) is 0 Å². The Kier molecular flexibility index (Phi) is 2.86. The van der Waals surface area contributed by atoms with Gasteiger partial charge in [-0.1, -0.05) is 32.4 Å². The molecule has 0 aromatic carbocycles. The zero-order chi connectivity index (χ0) is 10.1. The van der Waals surface area contributed by atoms with Crippen LogP contribution in [0.4, 0.5) is 5.82 Å². The van der Waals surface area contributed by atoms with Crippen LogP contribution in [0, 0.1) is 5.41 Å². The molecule has 1 heterocycles. The molecule has 0 bridgehead atoms. The summed E-state index contributed by atoms with van der Waals surface area (Å²) in [6.07, 6.45) is 2.67. The van der Waals surface area contributed by atoms with Crippen LogP contribution in [0.25, 0.3) is 0 Å². The molecule has 0 amide bonds. The van der Waals surface area contributed by atoms with Crippen LogP contribution in [0.15, 0.2) is 6.20 Å². The lowest BCUT2D eigenvalue weighted by Gasteiger charge is -2.22. The number of hydrogen-bond donors (Lipinski definition) is 1. The molecule has 13 heavy (non-hydrogen) atoms. The highest BCUT2D eigenvalue weighted by atomic mass is 35.5. The molecule has 0 saturated carbocycles. The molecule has 1 aromatic rings. The first-order chi connectivity index (χ1) is 5.96. The summed E-state index contributed by atoms with van der Waals surface area (Å²) in [5, 5.41) is 4.64. The Hall–Kier alpha value is -0.700. The summed E-state index contributed by atoms with van der Waals surface area (Å²) >= 11 is 5.79. The molecule has 0 fully saturated rings. The maximum Gasteiger partial charge on any atom is 0.140 e. The Morgan fingerprint density at radius 1 is 1.62 bits per heavy atom. The molecule has 74 valence electrons. The molecule has 0 radical (unpaired) electrons. The quantitative estimate of drug-likeness (QED) is 0.817. The summed E-state index contributed by atoms with van der Waals surface area (Å²) in [6, 6.07) is 0. The molecule has 1 aromatic heterocycles. The van der Waals surface area contributed by atoms with E-state index in [0.29, 0.717) is 10.8 Å². The van der Waals surface area contributed by atoms with E-state index in [1.54, 1.807) is 10.9 Å². The monoisotopic (exact) mass is 201 g/mol. The Morgan fingerprint density at radius 2 is 2.23 bits per heavy atom. The fourth-order valence-electron chi connectivity index (χ4n) is 1.02. The van der Waals surface area contributed by atoms with Crippen LogP contribution >= 0.6 is 11.6 Å². The maximum atomic E-state index is 5.79. The molecule has 0 aliphatic carbocycles. The van der Waals surface area contributed by atoms with Gasteiger partial charge in [0.05, 0.1) is 6.20 Å². The van der Waals surface area contributed by atoms with Crippen molar-refractivity contribution in [1.82, 2.24) is 9.78 Å². The Balaban J connectivity index is 2.80. The first-order valence-corrected chi connectivity index (χ1v) is 4.81. The summed E-state index contributed by atoms with van der Waals surface area (Å²) in [6.45, 7) is 7.33. The van der Waals surface area contributed by atoms with Gasteiger partial charge >= 0.3 is 0 Å². The lowest BCUT2D eigenvalue weighted by atomic mass is 9.90. The van der Waals surface area contributed by atoms with Crippen LogP contribution in [-0.2, 0) is 6.54 Å². The Bertz CT molecular complexity index is 291. The average Bonchev–Trinajstić information content (AvgIpc) is 2.36. The van der Waals surface area contributed by atoms with E-state index < -0.39 is 0 Å². The van der Waals surface area contributed by atoms with Crippen molar-refractivity contribution >= 4 is 17.4 Å². The van der Waals surface area contributed by atoms with Gasteiger partial charge in [-0.15, -0.1) is 0 Å². The van der Waals surface area contributed by atoms with Gasteiger partial charge in [0.2, 0.25) is 0 Å². The highest BCUT2D eigenvalue weighted by molar-refractivity contribution is 6.32. The van der Waals surface area contributed by atoms with E-state index in [-0.39, 0.29) is 5.41 Å². The molecule has 2 N–H and O–H groups in total. The third-order valence-corrected chi connectivity index (χ3v) is 2.66. The molecule has 0 atom stereocenters. The number of nitrogen functional groups attached to an aromatic ring is 1. The molecular formula is C9H16ClN3. The van der Waals surface area contributed by atoms with Gasteiger partial charge in [-0.2, -0.15) is 5.10 Å². The Morgan fingerprint density at radius 3 is 2.62 bits per heavy atom. The van der Waals surface area contributed by atoms with E-state index in [1.807, 2.05) is 0 Å². The second kappa shape index (κ2) is 3.58. The van der Waals surface area contributed by atoms with Gasteiger partial charge in [0.25, 0.3) is 0 Å². The van der Waals surface area contributed by atoms with E-state index in [4.69, 9.17) is 17.3 Å². The standard InChI is InChI=1S/C9H16ClN3/c1-4-9(2,3)6-13-8(11)7(10)5-12-13/h5H,4,6,11H2,1-3H3. The highest BCUT2D eigenvalue weighted by Gasteiger charge is 2.18. The number of rotatable bonds is 3. The smallest absolute Gasteiger partial charge is 0.140 e. The molecule has 0 aliphatic heterocycles. The van der Waals surface area contributed by atoms with Crippen LogP contribution in [0.1, 0.15) is 27.2 Å². The number of nitrogens with zero attached hydrogens (tertiary/aromatic N) is 2. The SMILES string of the molecule is CCC(C)(C)Cn1ncc(Cl)c1N. The number of aromatic nitrogens is 2. The predicted octanol–water partition coefficient (Wildman–Crippen LogP) is 2.55. The van der Waals surface area contributed by atoms with E-state index in [0.717, 1.165) is 13.0 Å². The van der Waals surface area contributed by atoms with Crippen molar-refractivity contribution < 1.29 is 0 Å². The largest absolute Gasteiger partial charge is 0.383 e. The fraction of sp³-hybridized carbons (Fsp3) is 0.667. The third-order valence-electron chi connectivity index (χ3n) is 2.37. The summed E-state index contributed by atoms with van der Waals surface area (Å²) in [4.78, 5) is 0. The predicted molar refractivity (Wildman–Crippen MR) is 55.7 cm³/mol. The van der Waals surface area contributed by atoms with E-state index in [1.165, 1.54) is 0 Å². The first-order valence-electron chi connectivity index (χ1n) is 4.43. The number of halogens is 1. The highest BCUT2D eigenvalue weighted by Crippen LogP contribution is 2.25. The molecular weight excluding hydrogens is 186 g/mol. The van der Waals surface area contributed by atoms with Crippen molar-refractivity contribution in [1.29, 1.82) is 0 Å². The van der Waals surface area contributed by atoms with Crippen molar-refractivity contribution in [3.05, 3.63) is 11.2 Å². The minimum absolute atomic E-state index is 0.212. The number of nitrogens with two attached hydrogens (primary N) is 1. The molecule has 1 rings (SSSR count). The van der Waals surface area contributed by atoms with Crippen molar-refractivity contribution in [2.24, 2.45) is 5.41 Å². The van der Waals surface area contributed by atoms with Crippen LogP contribution in [0.5, 0.6) is 0 Å². The second-order valence-corrected chi connectivity index (χ2v) is 4.46. The van der Waals surface area contributed by atoms with Gasteiger partial charge in [-0.25, -0.2) is 4.68 Å². The topological polar surface area (TPSA) is 43.8 Å². The lowest BCUT2D eigenvalue weighted by Crippen LogP contribution is -2.20. The lowest BCUT2D eigenvalue weighted by molar-refractivity contribution is 0.282. The van der Waals surface area contributed by atoms with Crippen molar-refractivity contribution in [2.75, 3.05) is 5.73 Å². The molecule has 0 spiro atoms. The van der Waals surface area contributed by atoms with Gasteiger partial charge in [0.1, 0.15) is 10.8 Å². The number of anilines is 1. The number of hydrogen-bond acceptors (Lipinski definition) is 2. The van der Waals surface area contributed by atoms with Gasteiger partial charge in [-0.3, -0.25) is 0 Å². The van der Waals surface area contributed by atoms with Crippen molar-refractivity contribution in [3.63, 3.8) is 0 Å². The Labute approximate surface area is 83.9 Å². The third kappa shape index (κ3) is 2.37. The van der Waals surface area contributed by atoms with Gasteiger partial charge < -0.3 is 5.73 Å². The van der Waals surface area contributed by atoms with Crippen LogP contribution < -0.4 is 5.73 Å². The van der Waals surface area contributed by atoms with Gasteiger partial charge in [0, 0.05) is 6.54 Å². The van der Waals surface area contributed by atoms with Crippen LogP contribution in [0.3, 0.4) is 0 Å². The summed E-state index contributed by atoms with van der Waals surface area (Å²) in [5.74, 6) is 0.559. The summed E-state index contributed by atoms with van der Waals surface area (Å²) in [7, 11) is 0. The van der Waals surface area contributed by atoms with E-state index in [2.05, 4.69) is 25.9 Å². The van der Waals surface area contributed by atoms with Gasteiger partial charge in [-0.05, 0) is 11.8 Å². The molecule has 4 heteroatoms. The normalized spacial score (nSPS) is 12.0. The summed E-state index contributed by atoms with van der Waals surface area (Å²) < 4.78 is 1.76. The molecule has 3 nitrogen and oxygen atoms in total. The average molecular weight is 202 g/mol. The maximum absolute atomic E-state index is 5.79. The van der Waals surface area contributed by atoms with E-state index >= 15 is 0 Å². The van der Waals surface area contributed by atoms with Crippen molar-refractivity contribution in [2.45, 2.75) is 33.7 Å². The molecule has 0 unspecified atom stereocenters. The molecule has 0 saturated heterocycles. The zero-order valence-electron chi connectivity index (χ0n) is 8.34. The van der Waals surface area contributed by atoms with Crippen LogP contribution in [0.2, 0.25) is 5.02 Å². The van der Waals surface area contributed by atoms with E-state index in [9.17, 15) is 0 Å². The van der Waals surface area contributed by atoms with Crippen LogP contribution in [-0.4, -0.2) is 9.78 Å². The van der Waals surface area contributed by atoms with Gasteiger partial charge in [0.15, 0.2) is 0 Å². The molecule has 0 aliphatic rings. The first kappa shape index (κ1) is 10.4. The minimum Gasteiger partial charge on any atom is -0.383 e. The summed E-state index contributed by atoms with van der Waals surface area (Å²) in [5.41, 5.74) is 5.94.